The molecule has 0 aliphatic heterocycles. The lowest BCUT2D eigenvalue weighted by atomic mass is 10.00. The van der Waals surface area contributed by atoms with Crippen LogP contribution >= 0.6 is 0 Å². The van der Waals surface area contributed by atoms with E-state index in [4.69, 9.17) is 10.9 Å². The van der Waals surface area contributed by atoms with Gasteiger partial charge in [0.1, 0.15) is 5.84 Å². The molecule has 1 rings (SSSR count). The highest BCUT2D eigenvalue weighted by molar-refractivity contribution is 5.80. The topological polar surface area (TPSA) is 70.6 Å². The van der Waals surface area contributed by atoms with Crippen molar-refractivity contribution in [2.45, 2.75) is 52.5 Å². The van der Waals surface area contributed by atoms with Crippen LogP contribution in [0.25, 0.3) is 0 Å². The van der Waals surface area contributed by atoms with Crippen LogP contribution in [0.2, 0.25) is 0 Å². The normalized spacial score (nSPS) is 21.1. The van der Waals surface area contributed by atoms with Crippen LogP contribution in [0.3, 0.4) is 0 Å². The Bertz CT molecular complexity index is 247. The van der Waals surface area contributed by atoms with Gasteiger partial charge in [0.15, 0.2) is 0 Å². The molecule has 94 valence electrons. The Morgan fingerprint density at radius 3 is 2.50 bits per heavy atom. The molecule has 0 spiro atoms. The first-order valence-corrected chi connectivity index (χ1v) is 6.17. The van der Waals surface area contributed by atoms with Gasteiger partial charge in [-0.2, -0.15) is 0 Å². The minimum Gasteiger partial charge on any atom is -0.409 e. The van der Waals surface area contributed by atoms with E-state index in [0.717, 1.165) is 12.5 Å². The van der Waals surface area contributed by atoms with Gasteiger partial charge in [-0.3, -0.25) is 0 Å². The molecule has 1 saturated carbocycles. The summed E-state index contributed by atoms with van der Waals surface area (Å²) in [6, 6.07) is 0.546. The summed E-state index contributed by atoms with van der Waals surface area (Å²) in [5, 5.41) is 15.2. The van der Waals surface area contributed by atoms with Gasteiger partial charge in [0.25, 0.3) is 0 Å². The summed E-state index contributed by atoms with van der Waals surface area (Å²) in [5.74, 6) is 1.08. The van der Waals surface area contributed by atoms with Crippen molar-refractivity contribution in [3.05, 3.63) is 0 Å². The number of hydrogen-bond acceptors (Lipinski definition) is 3. The molecule has 0 aromatic carbocycles. The van der Waals surface area contributed by atoms with Gasteiger partial charge in [0.05, 0.1) is 0 Å². The van der Waals surface area contributed by atoms with E-state index in [1.54, 1.807) is 0 Å². The second kappa shape index (κ2) is 5.53. The minimum absolute atomic E-state index is 0.265. The molecule has 0 aromatic rings. The van der Waals surface area contributed by atoms with E-state index in [2.05, 4.69) is 31.2 Å². The van der Waals surface area contributed by atoms with E-state index in [9.17, 15) is 0 Å². The average Bonchev–Trinajstić information content (AvgIpc) is 2.94. The van der Waals surface area contributed by atoms with Gasteiger partial charge < -0.3 is 16.3 Å². The Balaban J connectivity index is 2.26. The van der Waals surface area contributed by atoms with Gasteiger partial charge in [-0.25, -0.2) is 0 Å². The van der Waals surface area contributed by atoms with Crippen LogP contribution < -0.4 is 11.1 Å². The van der Waals surface area contributed by atoms with Crippen molar-refractivity contribution >= 4 is 5.84 Å². The predicted molar refractivity (Wildman–Crippen MR) is 66.6 cm³/mol. The number of nitrogens with one attached hydrogen (secondary N) is 1. The summed E-state index contributed by atoms with van der Waals surface area (Å²) < 4.78 is 0. The van der Waals surface area contributed by atoms with Gasteiger partial charge in [0, 0.05) is 19.0 Å². The van der Waals surface area contributed by atoms with Gasteiger partial charge in [-0.15, -0.1) is 0 Å². The van der Waals surface area contributed by atoms with E-state index in [0.29, 0.717) is 18.3 Å². The monoisotopic (exact) mass is 227 g/mol. The number of nitrogens with two attached hydrogens (primary N) is 1. The third kappa shape index (κ3) is 4.39. The summed E-state index contributed by atoms with van der Waals surface area (Å²) in [4.78, 5) is 0. The highest BCUT2D eigenvalue weighted by atomic mass is 16.4. The summed E-state index contributed by atoms with van der Waals surface area (Å²) in [5.41, 5.74) is 5.82. The fourth-order valence-corrected chi connectivity index (χ4v) is 2.19. The Morgan fingerprint density at radius 1 is 1.44 bits per heavy atom. The molecule has 1 atom stereocenters. The van der Waals surface area contributed by atoms with Crippen molar-refractivity contribution in [3.63, 3.8) is 0 Å². The van der Waals surface area contributed by atoms with Crippen LogP contribution in [-0.4, -0.2) is 23.6 Å². The Kier molecular flexibility index (Phi) is 4.59. The SMILES string of the molecule is CC(C)CC(C)NCC1(CC(N)=NO)CC1. The van der Waals surface area contributed by atoms with E-state index < -0.39 is 0 Å². The molecular formula is C12H25N3O. The summed E-state index contributed by atoms with van der Waals surface area (Å²) in [6.45, 7) is 7.68. The van der Waals surface area contributed by atoms with E-state index in [1.165, 1.54) is 19.3 Å². The zero-order valence-electron chi connectivity index (χ0n) is 10.7. The lowest BCUT2D eigenvalue weighted by Gasteiger charge is -2.20. The summed E-state index contributed by atoms with van der Waals surface area (Å²) in [6.07, 6.45) is 4.28. The molecule has 0 aromatic heterocycles. The van der Waals surface area contributed by atoms with Crippen LogP contribution in [-0.2, 0) is 0 Å². The van der Waals surface area contributed by atoms with Crippen LogP contribution in [0.5, 0.6) is 0 Å². The molecule has 4 nitrogen and oxygen atoms in total. The second-order valence-electron chi connectivity index (χ2n) is 5.68. The maximum atomic E-state index is 8.56. The third-order valence-corrected chi connectivity index (χ3v) is 3.29. The van der Waals surface area contributed by atoms with Crippen LogP contribution in [0.4, 0.5) is 0 Å². The average molecular weight is 227 g/mol. The zero-order valence-corrected chi connectivity index (χ0v) is 10.7. The van der Waals surface area contributed by atoms with Crippen LogP contribution in [0, 0.1) is 11.3 Å². The maximum absolute atomic E-state index is 8.56. The number of nitrogens with zero attached hydrogens (tertiary/aromatic N) is 1. The molecule has 1 fully saturated rings. The minimum atomic E-state index is 0.265. The first kappa shape index (κ1) is 13.3. The predicted octanol–water partition coefficient (Wildman–Crippen LogP) is 1.93. The van der Waals surface area contributed by atoms with Crippen molar-refractivity contribution in [2.75, 3.05) is 6.54 Å². The number of oxime groups is 1. The molecule has 1 aliphatic carbocycles. The zero-order chi connectivity index (χ0) is 12.2. The smallest absolute Gasteiger partial charge is 0.139 e. The molecule has 0 bridgehead atoms. The van der Waals surface area contributed by atoms with Crippen LogP contribution in [0.1, 0.15) is 46.5 Å². The van der Waals surface area contributed by atoms with Crippen molar-refractivity contribution in [3.8, 4) is 0 Å². The largest absolute Gasteiger partial charge is 0.409 e. The quantitative estimate of drug-likeness (QED) is 0.269. The first-order chi connectivity index (χ1) is 7.47. The first-order valence-electron chi connectivity index (χ1n) is 6.17. The van der Waals surface area contributed by atoms with E-state index in [-0.39, 0.29) is 5.41 Å². The molecule has 0 amide bonds. The standard InChI is InChI=1S/C12H25N3O/c1-9(2)6-10(3)14-8-12(4-5-12)7-11(13)15-16/h9-10,14,16H,4-8H2,1-3H3,(H2,13,15). The van der Waals surface area contributed by atoms with Gasteiger partial charge in [-0.1, -0.05) is 19.0 Å². The molecular weight excluding hydrogens is 202 g/mol. The number of amidine groups is 1. The molecule has 4 N–H and O–H groups in total. The molecule has 4 heteroatoms. The number of rotatable bonds is 7. The Hall–Kier alpha value is -0.770. The Morgan fingerprint density at radius 2 is 2.06 bits per heavy atom. The fourth-order valence-electron chi connectivity index (χ4n) is 2.19. The summed E-state index contributed by atoms with van der Waals surface area (Å²) >= 11 is 0. The lowest BCUT2D eigenvalue weighted by Crippen LogP contribution is -2.34. The second-order valence-corrected chi connectivity index (χ2v) is 5.68. The molecule has 1 aliphatic rings. The highest BCUT2D eigenvalue weighted by Gasteiger charge is 2.43. The Labute approximate surface area is 98.3 Å². The molecule has 1 unspecified atom stereocenters. The molecule has 0 radical (unpaired) electrons. The van der Waals surface area contributed by atoms with Gasteiger partial charge in [-0.05, 0) is 37.5 Å². The van der Waals surface area contributed by atoms with E-state index in [1.807, 2.05) is 0 Å². The van der Waals surface area contributed by atoms with Crippen molar-refractivity contribution in [1.29, 1.82) is 0 Å². The fraction of sp³-hybridized carbons (Fsp3) is 0.917. The van der Waals surface area contributed by atoms with Crippen molar-refractivity contribution in [2.24, 2.45) is 22.2 Å². The summed E-state index contributed by atoms with van der Waals surface area (Å²) in [7, 11) is 0. The molecule has 0 heterocycles. The van der Waals surface area contributed by atoms with Crippen molar-refractivity contribution in [1.82, 2.24) is 5.32 Å². The highest BCUT2D eigenvalue weighted by Crippen LogP contribution is 2.48. The third-order valence-electron chi connectivity index (χ3n) is 3.29. The lowest BCUT2D eigenvalue weighted by molar-refractivity contribution is 0.313. The molecule has 0 saturated heterocycles. The van der Waals surface area contributed by atoms with Crippen molar-refractivity contribution < 1.29 is 5.21 Å². The van der Waals surface area contributed by atoms with Crippen LogP contribution in [0.15, 0.2) is 5.16 Å². The van der Waals surface area contributed by atoms with Gasteiger partial charge >= 0.3 is 0 Å². The molecule has 16 heavy (non-hydrogen) atoms. The van der Waals surface area contributed by atoms with E-state index >= 15 is 0 Å². The van der Waals surface area contributed by atoms with Gasteiger partial charge in [0.2, 0.25) is 0 Å². The maximum Gasteiger partial charge on any atom is 0.139 e. The number of hydrogen-bond donors (Lipinski definition) is 3.